The van der Waals surface area contributed by atoms with E-state index < -0.39 is 0 Å². The fraction of sp³-hybridized carbons (Fsp3) is 0.417. The van der Waals surface area contributed by atoms with Gasteiger partial charge in [0.05, 0.1) is 53.9 Å². The minimum Gasteiger partial charge on any atom is -0.493 e. The van der Waals surface area contributed by atoms with Crippen LogP contribution in [0.3, 0.4) is 0 Å². The Balaban J connectivity index is 1.38. The van der Waals surface area contributed by atoms with Gasteiger partial charge in [-0.2, -0.15) is 0 Å². The topological polar surface area (TPSA) is 81.4 Å². The zero-order valence-electron chi connectivity index (χ0n) is 18.4. The Kier molecular flexibility index (Phi) is 5.89. The van der Waals surface area contributed by atoms with Gasteiger partial charge in [0.1, 0.15) is 0 Å². The summed E-state index contributed by atoms with van der Waals surface area (Å²) in [5, 5.41) is 14.8. The van der Waals surface area contributed by atoms with E-state index in [1.165, 1.54) is 12.0 Å². The monoisotopic (exact) mass is 452 g/mol. The number of thiazole rings is 1. The van der Waals surface area contributed by atoms with Gasteiger partial charge in [-0.1, -0.05) is 36.7 Å². The van der Waals surface area contributed by atoms with Crippen molar-refractivity contribution in [1.29, 1.82) is 0 Å². The van der Waals surface area contributed by atoms with Gasteiger partial charge in [-0.15, -0.1) is 0 Å². The van der Waals surface area contributed by atoms with E-state index in [4.69, 9.17) is 14.5 Å². The van der Waals surface area contributed by atoms with Crippen LogP contribution in [0.1, 0.15) is 37.7 Å². The zero-order chi connectivity index (χ0) is 22.1. The third-order valence-electron chi connectivity index (χ3n) is 6.22. The van der Waals surface area contributed by atoms with Gasteiger partial charge in [0.2, 0.25) is 0 Å². The Bertz CT molecular complexity index is 1230. The number of benzene rings is 2. The van der Waals surface area contributed by atoms with Gasteiger partial charge in [-0.3, -0.25) is 0 Å². The van der Waals surface area contributed by atoms with E-state index in [0.29, 0.717) is 18.0 Å². The molecule has 1 aliphatic carbocycles. The first kappa shape index (κ1) is 21.0. The van der Waals surface area contributed by atoms with Crippen molar-refractivity contribution in [2.24, 2.45) is 0 Å². The molecule has 0 bridgehead atoms. The molecule has 5 rings (SSSR count). The normalized spacial score (nSPS) is 19.2. The fourth-order valence-electron chi connectivity index (χ4n) is 4.45. The van der Waals surface area contributed by atoms with Crippen LogP contribution < -0.4 is 14.8 Å². The molecule has 2 heterocycles. The maximum absolute atomic E-state index is 10.4. The smallest absolute Gasteiger partial charge is 0.184 e. The molecular weight excluding hydrogens is 424 g/mol. The lowest BCUT2D eigenvalue weighted by molar-refractivity contribution is 0.144. The number of aromatic nitrogens is 3. The molecule has 8 heteroatoms. The predicted octanol–water partition coefficient (Wildman–Crippen LogP) is 4.82. The molecule has 2 aromatic carbocycles. The van der Waals surface area contributed by atoms with Crippen molar-refractivity contribution in [3.63, 3.8) is 0 Å². The first-order chi connectivity index (χ1) is 15.6. The number of hydrogen-bond acceptors (Lipinski definition) is 7. The molecule has 1 aliphatic rings. The summed E-state index contributed by atoms with van der Waals surface area (Å²) in [5.41, 5.74) is 4.02. The minimum absolute atomic E-state index is 0.0850. The van der Waals surface area contributed by atoms with Crippen molar-refractivity contribution in [3.05, 3.63) is 42.2 Å². The molecule has 32 heavy (non-hydrogen) atoms. The second kappa shape index (κ2) is 8.96. The fourth-order valence-corrected chi connectivity index (χ4v) is 5.44. The number of ether oxygens (including phenoxy) is 2. The molecule has 7 nitrogen and oxygen atoms in total. The highest BCUT2D eigenvalue weighted by atomic mass is 32.1. The summed E-state index contributed by atoms with van der Waals surface area (Å²) in [7, 11) is 3.27. The summed E-state index contributed by atoms with van der Waals surface area (Å²) in [6.07, 6.45) is 6.85. The number of rotatable bonds is 6. The van der Waals surface area contributed by atoms with Crippen molar-refractivity contribution in [2.45, 2.75) is 50.8 Å². The zero-order valence-corrected chi connectivity index (χ0v) is 19.2. The van der Waals surface area contributed by atoms with Gasteiger partial charge in [0, 0.05) is 18.7 Å². The Morgan fingerprint density at radius 2 is 1.88 bits per heavy atom. The highest BCUT2D eigenvalue weighted by Crippen LogP contribution is 2.33. The highest BCUT2D eigenvalue weighted by molar-refractivity contribution is 7.22. The van der Waals surface area contributed by atoms with Crippen molar-refractivity contribution in [3.8, 4) is 11.5 Å². The lowest BCUT2D eigenvalue weighted by Crippen LogP contribution is -2.32. The quantitative estimate of drug-likeness (QED) is 0.408. The van der Waals surface area contributed by atoms with Crippen LogP contribution in [0.2, 0.25) is 0 Å². The maximum atomic E-state index is 10.4. The van der Waals surface area contributed by atoms with E-state index in [1.54, 1.807) is 25.6 Å². The number of anilines is 1. The molecule has 0 amide bonds. The summed E-state index contributed by atoms with van der Waals surface area (Å²) < 4.78 is 14.1. The molecule has 4 aromatic rings. The molecule has 2 atom stereocenters. The second-order valence-electron chi connectivity index (χ2n) is 8.35. The van der Waals surface area contributed by atoms with E-state index in [2.05, 4.69) is 33.1 Å². The van der Waals surface area contributed by atoms with Crippen molar-refractivity contribution >= 4 is 37.7 Å². The Morgan fingerprint density at radius 3 is 2.72 bits per heavy atom. The van der Waals surface area contributed by atoms with Crippen molar-refractivity contribution in [1.82, 2.24) is 14.5 Å². The lowest BCUT2D eigenvalue weighted by Gasteiger charge is -2.21. The van der Waals surface area contributed by atoms with Crippen LogP contribution in [0.4, 0.5) is 5.13 Å². The molecular formula is C24H28N4O3S. The number of methoxy groups -OCH3 is 2. The number of aliphatic hydroxyl groups excluding tert-OH is 1. The lowest BCUT2D eigenvalue weighted by atomic mass is 10.1. The van der Waals surface area contributed by atoms with E-state index in [0.717, 1.165) is 52.1 Å². The minimum atomic E-state index is -0.301. The van der Waals surface area contributed by atoms with Crippen LogP contribution in [-0.2, 0) is 6.54 Å². The summed E-state index contributed by atoms with van der Waals surface area (Å²) in [6, 6.07) is 10.3. The van der Waals surface area contributed by atoms with Crippen LogP contribution in [0.15, 0.2) is 36.7 Å². The summed E-state index contributed by atoms with van der Waals surface area (Å²) in [6.45, 7) is 0.698. The summed E-state index contributed by atoms with van der Waals surface area (Å²) in [4.78, 5) is 9.28. The van der Waals surface area contributed by atoms with Gasteiger partial charge in [0.25, 0.3) is 0 Å². The average molecular weight is 453 g/mol. The van der Waals surface area contributed by atoms with Gasteiger partial charge in [-0.25, -0.2) is 9.97 Å². The maximum Gasteiger partial charge on any atom is 0.184 e. The van der Waals surface area contributed by atoms with E-state index in [-0.39, 0.29) is 12.1 Å². The molecule has 2 aromatic heterocycles. The number of fused-ring (bicyclic) bond motifs is 2. The number of hydrogen-bond donors (Lipinski definition) is 2. The SMILES string of the molecule is COc1cc2ncn(Cc3ccc4nc(N[C@@H]5CCCCC[C@H]5O)sc4c3)c2cc1OC. The third kappa shape index (κ3) is 4.12. The molecule has 0 radical (unpaired) electrons. The van der Waals surface area contributed by atoms with E-state index >= 15 is 0 Å². The molecule has 1 fully saturated rings. The molecule has 0 unspecified atom stereocenters. The van der Waals surface area contributed by atoms with Crippen molar-refractivity contribution < 1.29 is 14.6 Å². The summed E-state index contributed by atoms with van der Waals surface area (Å²) in [5.74, 6) is 1.37. The molecule has 168 valence electrons. The second-order valence-corrected chi connectivity index (χ2v) is 9.38. The Morgan fingerprint density at radius 1 is 1.06 bits per heavy atom. The molecule has 0 spiro atoms. The third-order valence-corrected chi connectivity index (χ3v) is 7.17. The molecule has 0 saturated heterocycles. The van der Waals surface area contributed by atoms with Crippen molar-refractivity contribution in [2.75, 3.05) is 19.5 Å². The van der Waals surface area contributed by atoms with Crippen LogP contribution >= 0.6 is 11.3 Å². The highest BCUT2D eigenvalue weighted by Gasteiger charge is 2.22. The number of nitrogens with zero attached hydrogens (tertiary/aromatic N) is 3. The molecule has 2 N–H and O–H groups in total. The first-order valence-electron chi connectivity index (χ1n) is 11.1. The van der Waals surface area contributed by atoms with Crippen LogP contribution in [-0.4, -0.2) is 46.0 Å². The van der Waals surface area contributed by atoms with Gasteiger partial charge >= 0.3 is 0 Å². The van der Waals surface area contributed by atoms with Gasteiger partial charge < -0.3 is 24.5 Å². The number of aliphatic hydroxyl groups is 1. The average Bonchev–Trinajstić information content (AvgIpc) is 3.32. The van der Waals surface area contributed by atoms with Crippen LogP contribution in [0.25, 0.3) is 21.3 Å². The van der Waals surface area contributed by atoms with Crippen LogP contribution in [0, 0.1) is 0 Å². The molecule has 1 saturated carbocycles. The first-order valence-corrected chi connectivity index (χ1v) is 11.9. The Hall–Kier alpha value is -2.84. The van der Waals surface area contributed by atoms with E-state index in [9.17, 15) is 5.11 Å². The van der Waals surface area contributed by atoms with Gasteiger partial charge in [0.15, 0.2) is 16.6 Å². The number of imidazole rings is 1. The van der Waals surface area contributed by atoms with Crippen LogP contribution in [0.5, 0.6) is 11.5 Å². The Labute approximate surface area is 191 Å². The summed E-state index contributed by atoms with van der Waals surface area (Å²) >= 11 is 1.65. The molecule has 0 aliphatic heterocycles. The standard InChI is InChI=1S/C24H28N4O3S/c1-30-21-11-18-19(12-22(21)31-2)28(14-25-18)13-15-8-9-17-23(10-15)32-24(27-17)26-16-6-4-3-5-7-20(16)29/h8-12,14,16,20,29H,3-7,13H2,1-2H3,(H,26,27)/t16-,20-/m1/s1. The number of nitrogens with one attached hydrogen (secondary N) is 1. The van der Waals surface area contributed by atoms with E-state index in [1.807, 2.05) is 18.5 Å². The predicted molar refractivity (Wildman–Crippen MR) is 128 cm³/mol. The largest absolute Gasteiger partial charge is 0.493 e. The van der Waals surface area contributed by atoms with Gasteiger partial charge in [-0.05, 0) is 30.5 Å².